The number of benzene rings is 1. The first-order valence-corrected chi connectivity index (χ1v) is 8.87. The molecule has 132 valence electrons. The minimum absolute atomic E-state index is 0. The zero-order chi connectivity index (χ0) is 16.6. The maximum atomic E-state index is 12.5. The Morgan fingerprint density at radius 1 is 1.30 bits per heavy atom. The third-order valence-corrected chi connectivity index (χ3v) is 6.31. The average Bonchev–Trinajstić information content (AvgIpc) is 2.82. The summed E-state index contributed by atoms with van der Waals surface area (Å²) in [5.74, 6) is 0. The van der Waals surface area contributed by atoms with Crippen molar-refractivity contribution in [3.05, 3.63) is 24.3 Å². The monoisotopic (exact) mass is 390 g/mol. The molecule has 0 aromatic heterocycles. The highest BCUT2D eigenvalue weighted by atomic mass is 35.5. The number of alkyl halides is 3. The fourth-order valence-electron chi connectivity index (χ4n) is 2.31. The van der Waals surface area contributed by atoms with Gasteiger partial charge in [-0.1, -0.05) is 6.92 Å². The van der Waals surface area contributed by atoms with Gasteiger partial charge in [0.2, 0.25) is 10.0 Å². The van der Waals surface area contributed by atoms with Crippen LogP contribution in [0.5, 0.6) is 0 Å². The third-order valence-electron chi connectivity index (χ3n) is 3.71. The van der Waals surface area contributed by atoms with Gasteiger partial charge in [0.1, 0.15) is 0 Å². The summed E-state index contributed by atoms with van der Waals surface area (Å²) in [6.07, 6.45) is 0.671. The van der Waals surface area contributed by atoms with Crippen molar-refractivity contribution in [2.24, 2.45) is 11.1 Å². The largest absolute Gasteiger partial charge is 0.446 e. The minimum atomic E-state index is -4.39. The van der Waals surface area contributed by atoms with Gasteiger partial charge in [0.05, 0.1) is 4.90 Å². The minimum Gasteiger partial charge on any atom is -0.330 e. The number of nitrogens with zero attached hydrogens (tertiary/aromatic N) is 1. The first-order chi connectivity index (χ1) is 10.1. The van der Waals surface area contributed by atoms with E-state index in [1.165, 1.54) is 28.6 Å². The van der Waals surface area contributed by atoms with Gasteiger partial charge in [-0.2, -0.15) is 17.5 Å². The molecular weight excluding hydrogens is 373 g/mol. The molecule has 4 nitrogen and oxygen atoms in total. The fourth-order valence-corrected chi connectivity index (χ4v) is 4.44. The van der Waals surface area contributed by atoms with E-state index in [1.807, 2.05) is 6.92 Å². The van der Waals surface area contributed by atoms with E-state index in [1.54, 1.807) is 0 Å². The molecule has 2 rings (SSSR count). The van der Waals surface area contributed by atoms with E-state index in [4.69, 9.17) is 5.73 Å². The van der Waals surface area contributed by atoms with Crippen LogP contribution < -0.4 is 5.73 Å². The number of hydrogen-bond donors (Lipinski definition) is 1. The summed E-state index contributed by atoms with van der Waals surface area (Å²) in [5.41, 5.74) is 1.02. The molecule has 1 aromatic carbocycles. The van der Waals surface area contributed by atoms with Gasteiger partial charge >= 0.3 is 5.51 Å². The summed E-state index contributed by atoms with van der Waals surface area (Å²) >= 11 is -0.269. The van der Waals surface area contributed by atoms with Crippen molar-refractivity contribution in [2.75, 3.05) is 19.6 Å². The third kappa shape index (κ3) is 4.99. The number of halogens is 4. The first kappa shape index (κ1) is 20.6. The lowest BCUT2D eigenvalue weighted by atomic mass is 9.90. The van der Waals surface area contributed by atoms with Crippen LogP contribution in [0.2, 0.25) is 0 Å². The lowest BCUT2D eigenvalue weighted by Crippen LogP contribution is -2.34. The van der Waals surface area contributed by atoms with Crippen molar-refractivity contribution >= 4 is 34.2 Å². The molecule has 0 aliphatic carbocycles. The molecule has 23 heavy (non-hydrogen) atoms. The highest BCUT2D eigenvalue weighted by molar-refractivity contribution is 8.00. The smallest absolute Gasteiger partial charge is 0.330 e. The van der Waals surface area contributed by atoms with Crippen molar-refractivity contribution in [3.8, 4) is 0 Å². The summed E-state index contributed by atoms with van der Waals surface area (Å²) in [6, 6.07) is 4.76. The van der Waals surface area contributed by atoms with Crippen molar-refractivity contribution in [1.82, 2.24) is 4.31 Å². The summed E-state index contributed by atoms with van der Waals surface area (Å²) in [5, 5.41) is 0. The zero-order valence-electron chi connectivity index (χ0n) is 12.3. The normalized spacial score (nSPS) is 22.8. The molecule has 1 heterocycles. The molecule has 0 amide bonds. The summed E-state index contributed by atoms with van der Waals surface area (Å²) < 4.78 is 63.1. The van der Waals surface area contributed by atoms with Gasteiger partial charge in [-0.3, -0.25) is 0 Å². The molecule has 1 aliphatic heterocycles. The number of nitrogens with two attached hydrogens (primary N) is 1. The highest BCUT2D eigenvalue weighted by Crippen LogP contribution is 2.37. The molecule has 1 aromatic rings. The Morgan fingerprint density at radius 2 is 1.87 bits per heavy atom. The number of thioether (sulfide) groups is 1. The predicted octanol–water partition coefficient (Wildman–Crippen LogP) is 3.08. The average molecular weight is 391 g/mol. The standard InChI is InChI=1S/C13H17F3N2O2S2.ClH/c1-12(8-17)6-7-18(9-12)22(19,20)11-4-2-10(3-5-11)21-13(14,15)16;/h2-5H,6-9,17H2,1H3;1H. The SMILES string of the molecule is CC1(CN)CCN(S(=O)(=O)c2ccc(SC(F)(F)F)cc2)C1.Cl. The van der Waals surface area contributed by atoms with Crippen molar-refractivity contribution in [3.63, 3.8) is 0 Å². The van der Waals surface area contributed by atoms with Crippen LogP contribution in [0, 0.1) is 5.41 Å². The Morgan fingerprint density at radius 3 is 2.30 bits per heavy atom. The van der Waals surface area contributed by atoms with Gasteiger partial charge in [0, 0.05) is 18.0 Å². The lowest BCUT2D eigenvalue weighted by molar-refractivity contribution is -0.0328. The molecule has 0 spiro atoms. The van der Waals surface area contributed by atoms with E-state index in [-0.39, 0.29) is 39.4 Å². The van der Waals surface area contributed by atoms with Crippen molar-refractivity contribution in [2.45, 2.75) is 28.6 Å². The molecular formula is C13H18ClF3N2O2S2. The first-order valence-electron chi connectivity index (χ1n) is 6.62. The molecule has 0 radical (unpaired) electrons. The van der Waals surface area contributed by atoms with E-state index < -0.39 is 15.5 Å². The van der Waals surface area contributed by atoms with Crippen LogP contribution in [0.1, 0.15) is 13.3 Å². The maximum Gasteiger partial charge on any atom is 0.446 e. The molecule has 1 fully saturated rings. The Balaban J connectivity index is 0.00000264. The molecule has 1 atom stereocenters. The van der Waals surface area contributed by atoms with Gasteiger partial charge < -0.3 is 5.73 Å². The number of rotatable bonds is 4. The van der Waals surface area contributed by atoms with Crippen LogP contribution in [0.3, 0.4) is 0 Å². The van der Waals surface area contributed by atoms with Crippen LogP contribution in [0.25, 0.3) is 0 Å². The number of hydrogen-bond acceptors (Lipinski definition) is 4. The Labute approximate surface area is 144 Å². The van der Waals surface area contributed by atoms with E-state index in [9.17, 15) is 21.6 Å². The molecule has 2 N–H and O–H groups in total. The zero-order valence-corrected chi connectivity index (χ0v) is 14.8. The molecule has 1 unspecified atom stereocenters. The highest BCUT2D eigenvalue weighted by Gasteiger charge is 2.39. The fraction of sp³-hybridized carbons (Fsp3) is 0.538. The Kier molecular flexibility index (Phi) is 6.42. The summed E-state index contributed by atoms with van der Waals surface area (Å²) in [4.78, 5) is -0.0417. The van der Waals surface area contributed by atoms with Crippen LogP contribution >= 0.6 is 24.2 Å². The van der Waals surface area contributed by atoms with Gasteiger partial charge in [-0.25, -0.2) is 8.42 Å². The van der Waals surface area contributed by atoms with Crippen molar-refractivity contribution in [1.29, 1.82) is 0 Å². The van der Waals surface area contributed by atoms with Crippen LogP contribution in [-0.4, -0.2) is 37.9 Å². The van der Waals surface area contributed by atoms with E-state index in [0.717, 1.165) is 0 Å². The quantitative estimate of drug-likeness (QED) is 0.802. The predicted molar refractivity (Wildman–Crippen MR) is 86.1 cm³/mol. The van der Waals surface area contributed by atoms with Crippen LogP contribution in [0.15, 0.2) is 34.1 Å². The Hall–Kier alpha value is -0.480. The second-order valence-corrected chi connectivity index (χ2v) is 8.70. The van der Waals surface area contributed by atoms with E-state index in [0.29, 0.717) is 26.1 Å². The van der Waals surface area contributed by atoms with E-state index in [2.05, 4.69) is 0 Å². The summed E-state index contributed by atoms with van der Waals surface area (Å²) in [7, 11) is -3.69. The van der Waals surface area contributed by atoms with Gasteiger partial charge in [0.25, 0.3) is 0 Å². The molecule has 1 saturated heterocycles. The molecule has 10 heteroatoms. The maximum absolute atomic E-state index is 12.5. The van der Waals surface area contributed by atoms with Gasteiger partial charge in [-0.15, -0.1) is 12.4 Å². The summed E-state index contributed by atoms with van der Waals surface area (Å²) in [6.45, 7) is 3.01. The Bertz CT molecular complexity index is 638. The van der Waals surface area contributed by atoms with Crippen LogP contribution in [-0.2, 0) is 10.0 Å². The second-order valence-electron chi connectivity index (χ2n) is 5.62. The lowest BCUT2D eigenvalue weighted by Gasteiger charge is -2.22. The topological polar surface area (TPSA) is 63.4 Å². The number of sulfonamides is 1. The van der Waals surface area contributed by atoms with Gasteiger partial charge in [0.15, 0.2) is 0 Å². The molecule has 1 aliphatic rings. The molecule has 0 saturated carbocycles. The van der Waals surface area contributed by atoms with Crippen molar-refractivity contribution < 1.29 is 21.6 Å². The van der Waals surface area contributed by atoms with E-state index >= 15 is 0 Å². The van der Waals surface area contributed by atoms with Gasteiger partial charge in [-0.05, 0) is 54.4 Å². The second kappa shape index (κ2) is 7.18. The van der Waals surface area contributed by atoms with Crippen LogP contribution in [0.4, 0.5) is 13.2 Å². The molecule has 0 bridgehead atoms.